The topological polar surface area (TPSA) is 88.2 Å². The normalized spacial score (nSPS) is 20.7. The summed E-state index contributed by atoms with van der Waals surface area (Å²) in [4.78, 5) is 36.0. The number of rotatable bonds is 7. The second-order valence-corrected chi connectivity index (χ2v) is 13.8. The average Bonchev–Trinajstić information content (AvgIpc) is 3.37. The van der Waals surface area contributed by atoms with Gasteiger partial charge in [-0.25, -0.2) is 4.79 Å². The molecule has 2 atom stereocenters. The molecule has 3 aromatic carbocycles. The molecule has 238 valence electrons. The molecule has 1 saturated heterocycles. The number of amidine groups is 1. The number of carbonyl (C=O) groups is 2. The van der Waals surface area contributed by atoms with E-state index < -0.39 is 11.6 Å². The maximum absolute atomic E-state index is 14.9. The zero-order valence-corrected chi connectivity index (χ0v) is 28.2. The second kappa shape index (κ2) is 13.1. The quantitative estimate of drug-likeness (QED) is 0.281. The highest BCUT2D eigenvalue weighted by atomic mass is 35.5. The number of primary amides is 1. The summed E-state index contributed by atoms with van der Waals surface area (Å²) in [7, 11) is 0. The summed E-state index contributed by atoms with van der Waals surface area (Å²) in [5.41, 5.74) is 8.39. The van der Waals surface area contributed by atoms with Crippen molar-refractivity contribution in [1.82, 2.24) is 9.80 Å². The molecule has 2 heterocycles. The van der Waals surface area contributed by atoms with E-state index in [1.54, 1.807) is 0 Å². The third kappa shape index (κ3) is 6.43. The maximum Gasteiger partial charge on any atom is 0.326 e. The molecule has 2 N–H and O–H groups in total. The first kappa shape index (κ1) is 32.8. The van der Waals surface area contributed by atoms with Crippen molar-refractivity contribution in [2.75, 3.05) is 19.7 Å². The van der Waals surface area contributed by atoms with Crippen LogP contribution in [0.5, 0.6) is 5.75 Å². The molecule has 3 amide bonds. The van der Waals surface area contributed by atoms with Crippen LogP contribution in [0.1, 0.15) is 82.2 Å². The maximum atomic E-state index is 14.9. The minimum Gasteiger partial charge on any atom is -0.493 e. The lowest BCUT2D eigenvalue weighted by Gasteiger charge is -2.40. The van der Waals surface area contributed by atoms with E-state index in [0.717, 1.165) is 22.3 Å². The third-order valence-electron chi connectivity index (χ3n) is 9.08. The molecule has 7 nitrogen and oxygen atoms in total. The van der Waals surface area contributed by atoms with E-state index in [2.05, 4.69) is 39.8 Å². The van der Waals surface area contributed by atoms with E-state index in [-0.39, 0.29) is 23.3 Å². The van der Waals surface area contributed by atoms with Gasteiger partial charge in [-0.05, 0) is 84.7 Å². The Morgan fingerprint density at radius 2 is 1.56 bits per heavy atom. The van der Waals surface area contributed by atoms with E-state index in [4.69, 9.17) is 38.7 Å². The van der Waals surface area contributed by atoms with Crippen LogP contribution < -0.4 is 10.5 Å². The Bertz CT molecular complexity index is 1580. The largest absolute Gasteiger partial charge is 0.493 e. The predicted molar refractivity (Wildman–Crippen MR) is 181 cm³/mol. The lowest BCUT2D eigenvalue weighted by molar-refractivity contribution is -0.123. The van der Waals surface area contributed by atoms with Crippen LogP contribution in [0.15, 0.2) is 71.7 Å². The fourth-order valence-corrected chi connectivity index (χ4v) is 6.75. The SMILES string of the molecule is CCOc1cc(C(C)(C)C)ccc1C1=N[C@@](CC)(c2ccc(Cl)cc2)[C@H](c2ccc(Cl)cc2)N1C(=O)N1CCC(C(N)=O)CC1. The summed E-state index contributed by atoms with van der Waals surface area (Å²) < 4.78 is 6.26. The summed E-state index contributed by atoms with van der Waals surface area (Å²) in [6.07, 6.45) is 1.64. The van der Waals surface area contributed by atoms with Gasteiger partial charge in [0.2, 0.25) is 5.91 Å². The number of hydrogen-bond acceptors (Lipinski definition) is 4. The number of benzene rings is 3. The molecule has 9 heteroatoms. The average molecular weight is 650 g/mol. The molecule has 5 rings (SSSR count). The lowest BCUT2D eigenvalue weighted by Crippen LogP contribution is -2.51. The van der Waals surface area contributed by atoms with Gasteiger partial charge in [-0.15, -0.1) is 0 Å². The Morgan fingerprint density at radius 3 is 2.09 bits per heavy atom. The van der Waals surface area contributed by atoms with Crippen LogP contribution in [0.4, 0.5) is 4.79 Å². The molecule has 0 aromatic heterocycles. The van der Waals surface area contributed by atoms with Crippen LogP contribution >= 0.6 is 23.2 Å². The Labute approximate surface area is 276 Å². The van der Waals surface area contributed by atoms with Gasteiger partial charge in [0, 0.05) is 29.1 Å². The molecule has 0 saturated carbocycles. The second-order valence-electron chi connectivity index (χ2n) is 12.9. The number of nitrogens with two attached hydrogens (primary N) is 1. The van der Waals surface area contributed by atoms with Crippen LogP contribution in [0.25, 0.3) is 0 Å². The van der Waals surface area contributed by atoms with Crippen LogP contribution in [0.3, 0.4) is 0 Å². The summed E-state index contributed by atoms with van der Waals surface area (Å²) in [5, 5.41) is 1.23. The van der Waals surface area contributed by atoms with Crippen LogP contribution in [-0.4, -0.2) is 47.3 Å². The number of piperidine rings is 1. The number of ether oxygens (including phenoxy) is 1. The number of carbonyl (C=O) groups excluding carboxylic acids is 2. The minimum atomic E-state index is -0.846. The Morgan fingerprint density at radius 1 is 0.956 bits per heavy atom. The van der Waals surface area contributed by atoms with Crippen LogP contribution in [0.2, 0.25) is 10.0 Å². The predicted octanol–water partition coefficient (Wildman–Crippen LogP) is 8.12. The smallest absolute Gasteiger partial charge is 0.326 e. The third-order valence-corrected chi connectivity index (χ3v) is 9.58. The Balaban J connectivity index is 1.75. The molecule has 1 fully saturated rings. The van der Waals surface area contributed by atoms with Gasteiger partial charge in [-0.2, -0.15) is 0 Å². The van der Waals surface area contributed by atoms with Gasteiger partial charge in [0.15, 0.2) is 0 Å². The summed E-state index contributed by atoms with van der Waals surface area (Å²) in [6, 6.07) is 20.9. The van der Waals surface area contributed by atoms with Crippen molar-refractivity contribution in [3.8, 4) is 5.75 Å². The fourth-order valence-electron chi connectivity index (χ4n) is 6.49. The van der Waals surface area contributed by atoms with Crippen molar-refractivity contribution >= 4 is 41.0 Å². The molecule has 0 radical (unpaired) electrons. The number of hydrogen-bond donors (Lipinski definition) is 1. The van der Waals surface area contributed by atoms with Crippen molar-refractivity contribution in [1.29, 1.82) is 0 Å². The van der Waals surface area contributed by atoms with Crippen molar-refractivity contribution < 1.29 is 14.3 Å². The summed E-state index contributed by atoms with van der Waals surface area (Å²) >= 11 is 12.7. The van der Waals surface area contributed by atoms with Crippen molar-refractivity contribution in [3.63, 3.8) is 0 Å². The molecule has 2 aliphatic heterocycles. The molecular weight excluding hydrogens is 607 g/mol. The first-order valence-corrected chi connectivity index (χ1v) is 16.4. The van der Waals surface area contributed by atoms with Crippen molar-refractivity contribution in [2.45, 2.75) is 70.9 Å². The zero-order chi connectivity index (χ0) is 32.5. The van der Waals surface area contributed by atoms with Gasteiger partial charge in [0.25, 0.3) is 0 Å². The standard InChI is InChI=1S/C36H42Cl2N4O3/c1-6-36(25-10-15-28(38)16-11-25)31(23-8-13-27(37)14-9-23)42(34(44)41-20-18-24(19-21-41)32(39)43)33(40-36)29-17-12-26(35(3,4)5)22-30(29)45-7-2/h8-17,22,24,31H,6-7,18-21H2,1-5H3,(H2,39,43)/t31-,36-/m0/s1. The molecule has 0 aliphatic carbocycles. The van der Waals surface area contributed by atoms with E-state index in [0.29, 0.717) is 60.6 Å². The molecule has 2 aliphatic rings. The molecule has 3 aromatic rings. The minimum absolute atomic E-state index is 0.107. The van der Waals surface area contributed by atoms with E-state index in [1.165, 1.54) is 0 Å². The monoisotopic (exact) mass is 648 g/mol. The van der Waals surface area contributed by atoms with Gasteiger partial charge in [0.1, 0.15) is 17.1 Å². The highest BCUT2D eigenvalue weighted by Gasteiger charge is 2.53. The number of urea groups is 1. The first-order chi connectivity index (χ1) is 21.4. The molecular formula is C36H42Cl2N4O3. The molecule has 45 heavy (non-hydrogen) atoms. The van der Waals surface area contributed by atoms with Crippen LogP contribution in [0, 0.1) is 5.92 Å². The summed E-state index contributed by atoms with van der Waals surface area (Å²) in [5.74, 6) is 0.646. The van der Waals surface area contributed by atoms with Gasteiger partial charge >= 0.3 is 6.03 Å². The van der Waals surface area contributed by atoms with Gasteiger partial charge in [0.05, 0.1) is 18.2 Å². The van der Waals surface area contributed by atoms with E-state index >= 15 is 0 Å². The Hall–Kier alpha value is -3.55. The van der Waals surface area contributed by atoms with Gasteiger partial charge < -0.3 is 15.4 Å². The molecule has 0 bridgehead atoms. The number of nitrogens with zero attached hydrogens (tertiary/aromatic N) is 3. The van der Waals surface area contributed by atoms with Gasteiger partial charge in [-0.1, -0.05) is 81.2 Å². The van der Waals surface area contributed by atoms with Crippen LogP contribution in [-0.2, 0) is 15.7 Å². The Kier molecular flexibility index (Phi) is 9.52. The molecule has 0 unspecified atom stereocenters. The first-order valence-electron chi connectivity index (χ1n) is 15.7. The lowest BCUT2D eigenvalue weighted by atomic mass is 9.78. The highest BCUT2D eigenvalue weighted by molar-refractivity contribution is 6.30. The fraction of sp³-hybridized carbons (Fsp3) is 0.417. The number of halogens is 2. The van der Waals surface area contributed by atoms with E-state index in [9.17, 15) is 9.59 Å². The number of aliphatic imine (C=N–C) groups is 1. The van der Waals surface area contributed by atoms with E-state index in [1.807, 2.05) is 71.3 Å². The number of amides is 3. The summed E-state index contributed by atoms with van der Waals surface area (Å²) in [6.45, 7) is 11.8. The zero-order valence-electron chi connectivity index (χ0n) is 26.6. The van der Waals surface area contributed by atoms with Gasteiger partial charge in [-0.3, -0.25) is 14.7 Å². The molecule has 0 spiro atoms. The van der Waals surface area contributed by atoms with Crippen molar-refractivity contribution in [3.05, 3.63) is 99.0 Å². The number of likely N-dealkylation sites (tertiary alicyclic amines) is 1. The van der Waals surface area contributed by atoms with Crippen molar-refractivity contribution in [2.24, 2.45) is 16.6 Å². The highest BCUT2D eigenvalue weighted by Crippen LogP contribution is 2.52.